The van der Waals surface area contributed by atoms with Crippen LogP contribution in [0.4, 0.5) is 15.8 Å². The van der Waals surface area contributed by atoms with E-state index in [9.17, 15) is 24.1 Å². The van der Waals surface area contributed by atoms with E-state index in [1.54, 1.807) is 29.9 Å². The number of amides is 1. The average molecular weight is 385 g/mol. The zero-order chi connectivity index (χ0) is 20.4. The molecule has 1 atom stereocenters. The number of benzene rings is 2. The molecular formula is C19H16FN3O5. The molecule has 1 amide bonds. The number of rotatable bonds is 5. The number of aromatic nitrogens is 1. The van der Waals surface area contributed by atoms with Crippen molar-refractivity contribution in [2.45, 2.75) is 13.0 Å². The number of nitrogens with one attached hydrogen (secondary N) is 1. The van der Waals surface area contributed by atoms with Gasteiger partial charge in [-0.2, -0.15) is 4.39 Å². The molecule has 0 aliphatic carbocycles. The molecule has 9 heteroatoms. The molecule has 144 valence electrons. The summed E-state index contributed by atoms with van der Waals surface area (Å²) in [6.45, 7) is 1.37. The summed E-state index contributed by atoms with van der Waals surface area (Å²) in [4.78, 5) is 34.6. The van der Waals surface area contributed by atoms with E-state index in [1.165, 1.54) is 13.0 Å². The van der Waals surface area contributed by atoms with Gasteiger partial charge in [0.15, 0.2) is 6.10 Å². The summed E-state index contributed by atoms with van der Waals surface area (Å²) in [5, 5.41) is 13.8. The molecule has 1 heterocycles. The summed E-state index contributed by atoms with van der Waals surface area (Å²) in [6, 6.07) is 10.2. The molecule has 0 aliphatic heterocycles. The number of nitrogens with zero attached hydrogens (tertiary/aromatic N) is 2. The van der Waals surface area contributed by atoms with Gasteiger partial charge in [-0.25, -0.2) is 4.79 Å². The molecule has 0 radical (unpaired) electrons. The van der Waals surface area contributed by atoms with E-state index in [-0.39, 0.29) is 5.69 Å². The van der Waals surface area contributed by atoms with E-state index < -0.39 is 34.4 Å². The molecule has 1 aromatic heterocycles. The number of aryl methyl sites for hydroxylation is 1. The van der Waals surface area contributed by atoms with E-state index in [0.29, 0.717) is 10.9 Å². The first kappa shape index (κ1) is 19.0. The Bertz CT molecular complexity index is 1090. The Morgan fingerprint density at radius 1 is 1.25 bits per heavy atom. The van der Waals surface area contributed by atoms with Crippen LogP contribution in [0.15, 0.2) is 48.7 Å². The predicted molar refractivity (Wildman–Crippen MR) is 99.5 cm³/mol. The first-order chi connectivity index (χ1) is 13.3. The van der Waals surface area contributed by atoms with Crippen molar-refractivity contribution in [1.29, 1.82) is 0 Å². The third-order valence-corrected chi connectivity index (χ3v) is 4.18. The van der Waals surface area contributed by atoms with E-state index in [2.05, 4.69) is 5.32 Å². The van der Waals surface area contributed by atoms with Gasteiger partial charge in [0.25, 0.3) is 5.91 Å². The van der Waals surface area contributed by atoms with E-state index >= 15 is 0 Å². The minimum atomic E-state index is -1.17. The molecule has 0 fully saturated rings. The highest BCUT2D eigenvalue weighted by Gasteiger charge is 2.23. The molecule has 0 unspecified atom stereocenters. The molecule has 28 heavy (non-hydrogen) atoms. The van der Waals surface area contributed by atoms with E-state index in [4.69, 9.17) is 4.74 Å². The fraction of sp³-hybridized carbons (Fsp3) is 0.158. The van der Waals surface area contributed by atoms with Gasteiger partial charge in [-0.3, -0.25) is 14.9 Å². The van der Waals surface area contributed by atoms with Crippen molar-refractivity contribution in [3.05, 3.63) is 70.2 Å². The van der Waals surface area contributed by atoms with Gasteiger partial charge in [0, 0.05) is 35.9 Å². The Hall–Kier alpha value is -3.75. The van der Waals surface area contributed by atoms with Crippen LogP contribution in [0.3, 0.4) is 0 Å². The Kier molecular flexibility index (Phi) is 5.08. The maximum absolute atomic E-state index is 13.4. The summed E-state index contributed by atoms with van der Waals surface area (Å²) in [6.07, 6.45) is 0.441. The van der Waals surface area contributed by atoms with Crippen LogP contribution >= 0.6 is 0 Å². The lowest BCUT2D eigenvalue weighted by Crippen LogP contribution is -2.30. The minimum Gasteiger partial charge on any atom is -0.449 e. The summed E-state index contributed by atoms with van der Waals surface area (Å²) in [7, 11) is 1.79. The number of nitro benzene ring substituents is 1. The third-order valence-electron chi connectivity index (χ3n) is 4.18. The molecule has 0 spiro atoms. The van der Waals surface area contributed by atoms with Gasteiger partial charge in [0.2, 0.25) is 5.82 Å². The van der Waals surface area contributed by atoms with E-state index in [0.717, 1.165) is 17.6 Å². The van der Waals surface area contributed by atoms with Gasteiger partial charge in [0.05, 0.1) is 10.5 Å². The second kappa shape index (κ2) is 7.47. The number of anilines is 1. The highest BCUT2D eigenvalue weighted by Crippen LogP contribution is 2.23. The lowest BCUT2D eigenvalue weighted by molar-refractivity contribution is -0.387. The topological polar surface area (TPSA) is 103 Å². The van der Waals surface area contributed by atoms with Crippen molar-refractivity contribution in [3.8, 4) is 0 Å². The van der Waals surface area contributed by atoms with Crippen molar-refractivity contribution < 1.29 is 23.6 Å². The van der Waals surface area contributed by atoms with Gasteiger partial charge in [-0.1, -0.05) is 18.2 Å². The van der Waals surface area contributed by atoms with Crippen molar-refractivity contribution in [3.63, 3.8) is 0 Å². The standard InChI is InChI=1S/C19H16FN3O5/c1-11(18(24)21-12-7-8-15(20)17(9-12)23(26)27)28-19(25)14-10-22(2)16-6-4-3-5-13(14)16/h3-11H,1-2H3,(H,21,24)/t11-/m1/s1. The highest BCUT2D eigenvalue weighted by atomic mass is 19.1. The molecule has 0 aliphatic rings. The molecule has 3 rings (SSSR count). The number of hydrogen-bond acceptors (Lipinski definition) is 5. The SMILES string of the molecule is C[C@@H](OC(=O)c1cn(C)c2ccccc12)C(=O)Nc1ccc(F)c([N+](=O)[O-])c1. The highest BCUT2D eigenvalue weighted by molar-refractivity contribution is 6.05. The number of fused-ring (bicyclic) bond motifs is 1. The maximum atomic E-state index is 13.4. The van der Waals surface area contributed by atoms with Crippen LogP contribution in [0.5, 0.6) is 0 Å². The second-order valence-electron chi connectivity index (χ2n) is 6.13. The first-order valence-electron chi connectivity index (χ1n) is 8.27. The number of para-hydroxylation sites is 1. The van der Waals surface area contributed by atoms with Gasteiger partial charge in [-0.15, -0.1) is 0 Å². The Morgan fingerprint density at radius 3 is 2.68 bits per heavy atom. The number of esters is 1. The van der Waals surface area contributed by atoms with Crippen molar-refractivity contribution >= 4 is 34.2 Å². The van der Waals surface area contributed by atoms with Crippen molar-refractivity contribution in [1.82, 2.24) is 4.57 Å². The first-order valence-corrected chi connectivity index (χ1v) is 8.27. The van der Waals surface area contributed by atoms with Crippen molar-refractivity contribution in [2.24, 2.45) is 7.05 Å². The van der Waals surface area contributed by atoms with Crippen LogP contribution < -0.4 is 5.32 Å². The number of halogens is 1. The second-order valence-corrected chi connectivity index (χ2v) is 6.13. The van der Waals surface area contributed by atoms with Crippen LogP contribution in [0.25, 0.3) is 10.9 Å². The number of ether oxygens (including phenoxy) is 1. The fourth-order valence-electron chi connectivity index (χ4n) is 2.76. The monoisotopic (exact) mass is 385 g/mol. The summed E-state index contributed by atoms with van der Waals surface area (Å²) in [5.74, 6) is -2.39. The van der Waals surface area contributed by atoms with Gasteiger partial charge in [-0.05, 0) is 25.1 Å². The molecule has 1 N–H and O–H groups in total. The molecular weight excluding hydrogens is 369 g/mol. The Balaban J connectivity index is 1.73. The number of carbonyl (C=O) groups is 2. The summed E-state index contributed by atoms with van der Waals surface area (Å²) < 4.78 is 20.4. The van der Waals surface area contributed by atoms with Crippen LogP contribution in [-0.2, 0) is 16.6 Å². The normalized spacial score (nSPS) is 11.8. The largest absolute Gasteiger partial charge is 0.449 e. The van der Waals surface area contributed by atoms with Crippen LogP contribution in [0, 0.1) is 15.9 Å². The average Bonchev–Trinajstić information content (AvgIpc) is 3.00. The molecule has 3 aromatic rings. The van der Waals surface area contributed by atoms with Gasteiger partial charge < -0.3 is 14.6 Å². The number of carbonyl (C=O) groups excluding carboxylic acids is 2. The maximum Gasteiger partial charge on any atom is 0.341 e. The van der Waals surface area contributed by atoms with Gasteiger partial charge >= 0.3 is 11.7 Å². The van der Waals surface area contributed by atoms with Crippen LogP contribution in [0.2, 0.25) is 0 Å². The Morgan fingerprint density at radius 2 is 1.96 bits per heavy atom. The minimum absolute atomic E-state index is 0.0196. The summed E-state index contributed by atoms with van der Waals surface area (Å²) >= 11 is 0. The van der Waals surface area contributed by atoms with E-state index in [1.807, 2.05) is 12.1 Å². The zero-order valence-electron chi connectivity index (χ0n) is 15.0. The zero-order valence-corrected chi connectivity index (χ0v) is 15.0. The van der Waals surface area contributed by atoms with Gasteiger partial charge in [0.1, 0.15) is 0 Å². The Labute approximate surface area is 158 Å². The lowest BCUT2D eigenvalue weighted by atomic mass is 10.2. The molecule has 0 saturated carbocycles. The molecule has 2 aromatic carbocycles. The third kappa shape index (κ3) is 3.68. The van der Waals surface area contributed by atoms with Crippen LogP contribution in [-0.4, -0.2) is 27.5 Å². The fourth-order valence-corrected chi connectivity index (χ4v) is 2.76. The predicted octanol–water partition coefficient (Wildman–Crippen LogP) is 3.41. The number of nitro groups is 1. The lowest BCUT2D eigenvalue weighted by Gasteiger charge is -2.13. The smallest absolute Gasteiger partial charge is 0.341 e. The van der Waals surface area contributed by atoms with Crippen LogP contribution in [0.1, 0.15) is 17.3 Å². The molecule has 8 nitrogen and oxygen atoms in total. The quantitative estimate of drug-likeness (QED) is 0.412. The molecule has 0 saturated heterocycles. The summed E-state index contributed by atoms with van der Waals surface area (Å²) in [5.41, 5.74) is 0.407. The number of hydrogen-bond donors (Lipinski definition) is 1. The molecule has 0 bridgehead atoms. The van der Waals surface area contributed by atoms with Crippen molar-refractivity contribution in [2.75, 3.05) is 5.32 Å².